The first-order chi connectivity index (χ1) is 8.68. The van der Waals surface area contributed by atoms with Crippen LogP contribution in [0.3, 0.4) is 0 Å². The van der Waals surface area contributed by atoms with E-state index in [1.165, 1.54) is 17.7 Å². The Morgan fingerprint density at radius 1 is 1.50 bits per heavy atom. The van der Waals surface area contributed by atoms with E-state index in [2.05, 4.69) is 30.6 Å². The molecular formula is C14H22N2OS. The fraction of sp³-hybridized carbons (Fsp3) is 0.643. The lowest BCUT2D eigenvalue weighted by atomic mass is 10.1. The quantitative estimate of drug-likeness (QED) is 0.803. The third-order valence-corrected chi connectivity index (χ3v) is 4.25. The van der Waals surface area contributed by atoms with E-state index in [9.17, 15) is 4.79 Å². The summed E-state index contributed by atoms with van der Waals surface area (Å²) in [5.74, 6) is 0.989. The smallest absolute Gasteiger partial charge is 0.238 e. The topological polar surface area (TPSA) is 32.3 Å². The van der Waals surface area contributed by atoms with Crippen molar-refractivity contribution in [2.24, 2.45) is 5.92 Å². The minimum absolute atomic E-state index is 0.108. The molecule has 1 aliphatic heterocycles. The molecule has 1 N–H and O–H groups in total. The van der Waals surface area contributed by atoms with Gasteiger partial charge < -0.3 is 4.90 Å². The van der Waals surface area contributed by atoms with Gasteiger partial charge in [-0.15, -0.1) is 11.3 Å². The molecule has 0 radical (unpaired) electrons. The molecule has 3 nitrogen and oxygen atoms in total. The third-order valence-electron chi connectivity index (χ3n) is 3.32. The van der Waals surface area contributed by atoms with Gasteiger partial charge in [0.25, 0.3) is 0 Å². The number of nitrogens with zero attached hydrogens (tertiary/aromatic N) is 1. The molecule has 1 fully saturated rings. The van der Waals surface area contributed by atoms with Gasteiger partial charge in [0.1, 0.15) is 6.17 Å². The van der Waals surface area contributed by atoms with Crippen LogP contribution in [0.2, 0.25) is 0 Å². The number of carbonyl (C=O) groups excluding carboxylic acids is 1. The average molecular weight is 266 g/mol. The molecule has 0 aliphatic carbocycles. The van der Waals surface area contributed by atoms with E-state index < -0.39 is 0 Å². The molecule has 100 valence electrons. The highest BCUT2D eigenvalue weighted by atomic mass is 32.1. The second kappa shape index (κ2) is 6.34. The molecule has 0 aromatic carbocycles. The lowest BCUT2D eigenvalue weighted by Crippen LogP contribution is -2.30. The standard InChI is InChI=1S/C14H22N2OS/c1-11(2)6-3-4-8-16-13(17)10-15-14(16)12-7-5-9-18-12/h5,7,9,11,14-15H,3-4,6,8,10H2,1-2H3. The Bertz CT molecular complexity index is 375. The number of thiophene rings is 1. The fourth-order valence-electron chi connectivity index (χ4n) is 2.33. The van der Waals surface area contributed by atoms with Crippen LogP contribution in [-0.2, 0) is 4.79 Å². The molecule has 1 unspecified atom stereocenters. The molecule has 4 heteroatoms. The van der Waals surface area contributed by atoms with Crippen molar-refractivity contribution in [2.45, 2.75) is 39.3 Å². The zero-order chi connectivity index (χ0) is 13.0. The van der Waals surface area contributed by atoms with Gasteiger partial charge in [-0.1, -0.05) is 32.8 Å². The summed E-state index contributed by atoms with van der Waals surface area (Å²) in [5, 5.41) is 5.36. The fourth-order valence-corrected chi connectivity index (χ4v) is 3.14. The Morgan fingerprint density at radius 2 is 2.33 bits per heavy atom. The molecule has 2 heterocycles. The first-order valence-corrected chi connectivity index (χ1v) is 7.62. The predicted octanol–water partition coefficient (Wildman–Crippen LogP) is 3.00. The van der Waals surface area contributed by atoms with Crippen molar-refractivity contribution < 1.29 is 4.79 Å². The monoisotopic (exact) mass is 266 g/mol. The first-order valence-electron chi connectivity index (χ1n) is 6.74. The summed E-state index contributed by atoms with van der Waals surface area (Å²) in [6.45, 7) is 5.85. The molecule has 1 aromatic heterocycles. The molecule has 0 bridgehead atoms. The van der Waals surface area contributed by atoms with Crippen molar-refractivity contribution >= 4 is 17.2 Å². The molecule has 1 aliphatic rings. The molecule has 2 rings (SSSR count). The van der Waals surface area contributed by atoms with Crippen molar-refractivity contribution in [3.8, 4) is 0 Å². The highest BCUT2D eigenvalue weighted by Gasteiger charge is 2.31. The van der Waals surface area contributed by atoms with Crippen LogP contribution >= 0.6 is 11.3 Å². The third kappa shape index (κ3) is 3.33. The second-order valence-corrected chi connectivity index (χ2v) is 6.25. The predicted molar refractivity (Wildman–Crippen MR) is 75.5 cm³/mol. The molecule has 1 amide bonds. The normalized spacial score (nSPS) is 20.1. The van der Waals surface area contributed by atoms with Crippen LogP contribution in [0.25, 0.3) is 0 Å². The largest absolute Gasteiger partial charge is 0.321 e. The number of hydrogen-bond acceptors (Lipinski definition) is 3. The lowest BCUT2D eigenvalue weighted by molar-refractivity contribution is -0.128. The van der Waals surface area contributed by atoms with E-state index in [-0.39, 0.29) is 12.1 Å². The van der Waals surface area contributed by atoms with Gasteiger partial charge in [0.05, 0.1) is 6.54 Å². The zero-order valence-corrected chi connectivity index (χ0v) is 12.0. The van der Waals surface area contributed by atoms with E-state index in [1.807, 2.05) is 11.0 Å². The van der Waals surface area contributed by atoms with Gasteiger partial charge in [0, 0.05) is 11.4 Å². The summed E-state index contributed by atoms with van der Waals surface area (Å²) in [6, 6.07) is 4.14. The summed E-state index contributed by atoms with van der Waals surface area (Å²) < 4.78 is 0. The molecule has 0 saturated carbocycles. The summed E-state index contributed by atoms with van der Waals surface area (Å²) in [7, 11) is 0. The van der Waals surface area contributed by atoms with Crippen molar-refractivity contribution in [2.75, 3.05) is 13.1 Å². The van der Waals surface area contributed by atoms with Gasteiger partial charge in [0.15, 0.2) is 0 Å². The summed E-state index contributed by atoms with van der Waals surface area (Å²) in [4.78, 5) is 15.1. The highest BCUT2D eigenvalue weighted by Crippen LogP contribution is 2.26. The molecule has 1 aromatic rings. The lowest BCUT2D eigenvalue weighted by Gasteiger charge is -2.23. The van der Waals surface area contributed by atoms with Crippen molar-refractivity contribution in [3.05, 3.63) is 22.4 Å². The highest BCUT2D eigenvalue weighted by molar-refractivity contribution is 7.10. The molecule has 0 spiro atoms. The van der Waals surface area contributed by atoms with E-state index in [1.54, 1.807) is 11.3 Å². The Balaban J connectivity index is 1.86. The van der Waals surface area contributed by atoms with Crippen LogP contribution < -0.4 is 5.32 Å². The number of unbranched alkanes of at least 4 members (excludes halogenated alkanes) is 1. The first kappa shape index (κ1) is 13.6. The van der Waals surface area contributed by atoms with Crippen molar-refractivity contribution in [3.63, 3.8) is 0 Å². The summed E-state index contributed by atoms with van der Waals surface area (Å²) >= 11 is 1.71. The molecule has 1 saturated heterocycles. The minimum Gasteiger partial charge on any atom is -0.321 e. The van der Waals surface area contributed by atoms with Crippen LogP contribution in [0, 0.1) is 5.92 Å². The number of hydrogen-bond donors (Lipinski definition) is 1. The van der Waals surface area contributed by atoms with Gasteiger partial charge in [-0.2, -0.15) is 0 Å². The van der Waals surface area contributed by atoms with Crippen LogP contribution in [0.15, 0.2) is 17.5 Å². The van der Waals surface area contributed by atoms with Crippen molar-refractivity contribution in [1.29, 1.82) is 0 Å². The van der Waals surface area contributed by atoms with E-state index in [4.69, 9.17) is 0 Å². The Hall–Kier alpha value is -0.870. The van der Waals surface area contributed by atoms with Gasteiger partial charge in [0.2, 0.25) is 5.91 Å². The molecule has 18 heavy (non-hydrogen) atoms. The Morgan fingerprint density at radius 3 is 3.00 bits per heavy atom. The number of amides is 1. The number of rotatable bonds is 6. The number of nitrogens with one attached hydrogen (secondary N) is 1. The van der Waals surface area contributed by atoms with E-state index in [0.717, 1.165) is 18.9 Å². The van der Waals surface area contributed by atoms with Crippen LogP contribution in [0.5, 0.6) is 0 Å². The summed E-state index contributed by atoms with van der Waals surface area (Å²) in [6.07, 6.45) is 3.67. The average Bonchev–Trinajstić information content (AvgIpc) is 2.94. The SMILES string of the molecule is CC(C)CCCCN1C(=O)CNC1c1cccs1. The zero-order valence-electron chi connectivity index (χ0n) is 11.2. The Labute approximate surface area is 113 Å². The maximum atomic E-state index is 11.9. The maximum Gasteiger partial charge on any atom is 0.238 e. The minimum atomic E-state index is 0.108. The molecular weight excluding hydrogens is 244 g/mol. The molecule has 1 atom stereocenters. The second-order valence-electron chi connectivity index (χ2n) is 5.28. The van der Waals surface area contributed by atoms with Crippen LogP contribution in [0.1, 0.15) is 44.2 Å². The van der Waals surface area contributed by atoms with Crippen LogP contribution in [0.4, 0.5) is 0 Å². The van der Waals surface area contributed by atoms with E-state index in [0.29, 0.717) is 6.54 Å². The maximum absolute atomic E-state index is 11.9. The summed E-state index contributed by atoms with van der Waals surface area (Å²) in [5.41, 5.74) is 0. The van der Waals surface area contributed by atoms with Crippen LogP contribution in [-0.4, -0.2) is 23.9 Å². The van der Waals surface area contributed by atoms with Gasteiger partial charge in [-0.25, -0.2) is 0 Å². The van der Waals surface area contributed by atoms with Gasteiger partial charge in [-0.3, -0.25) is 10.1 Å². The number of carbonyl (C=O) groups is 1. The van der Waals surface area contributed by atoms with Gasteiger partial charge in [-0.05, 0) is 23.8 Å². The van der Waals surface area contributed by atoms with Crippen molar-refractivity contribution in [1.82, 2.24) is 10.2 Å². The van der Waals surface area contributed by atoms with E-state index >= 15 is 0 Å². The Kier molecular flexibility index (Phi) is 4.78. The van der Waals surface area contributed by atoms with Gasteiger partial charge >= 0.3 is 0 Å².